The fourth-order valence-corrected chi connectivity index (χ4v) is 2.66. The van der Waals surface area contributed by atoms with Gasteiger partial charge in [-0.1, -0.05) is 42.0 Å². The van der Waals surface area contributed by atoms with Crippen LogP contribution in [-0.4, -0.2) is 9.55 Å². The molecule has 0 aliphatic heterocycles. The van der Waals surface area contributed by atoms with Gasteiger partial charge in [0.05, 0.1) is 0 Å². The molecule has 0 fully saturated rings. The summed E-state index contributed by atoms with van der Waals surface area (Å²) in [5.74, 6) is 1.02. The van der Waals surface area contributed by atoms with Gasteiger partial charge in [0.25, 0.3) is 0 Å². The number of benzene rings is 2. The largest absolute Gasteiger partial charge is 0.327 e. The van der Waals surface area contributed by atoms with Gasteiger partial charge in [0.15, 0.2) is 0 Å². The van der Waals surface area contributed by atoms with E-state index in [2.05, 4.69) is 87.6 Å². The number of imidazole rings is 1. The first-order chi connectivity index (χ1) is 9.72. The summed E-state index contributed by atoms with van der Waals surface area (Å²) in [5, 5.41) is 0. The summed E-state index contributed by atoms with van der Waals surface area (Å²) < 4.78 is 3.43. The Hall–Kier alpha value is -1.62. The van der Waals surface area contributed by atoms with Gasteiger partial charge < -0.3 is 4.57 Å². The molecular formula is C17H15IN2. The Kier molecular flexibility index (Phi) is 3.87. The molecule has 0 N–H and O–H groups in total. The minimum atomic E-state index is 0.850. The first-order valence-corrected chi connectivity index (χ1v) is 7.63. The maximum absolute atomic E-state index is 4.50. The molecule has 1 aromatic heterocycles. The molecule has 3 heteroatoms. The molecule has 0 unspecified atom stereocenters. The van der Waals surface area contributed by atoms with Crippen LogP contribution in [0.25, 0.3) is 11.4 Å². The number of hydrogen-bond acceptors (Lipinski definition) is 1. The lowest BCUT2D eigenvalue weighted by Crippen LogP contribution is -2.01. The molecule has 2 nitrogen and oxygen atoms in total. The zero-order valence-electron chi connectivity index (χ0n) is 11.3. The molecule has 0 aliphatic rings. The van der Waals surface area contributed by atoms with Crippen molar-refractivity contribution in [2.75, 3.05) is 0 Å². The Balaban J connectivity index is 1.92. The van der Waals surface area contributed by atoms with E-state index in [0.717, 1.165) is 17.9 Å². The standard InChI is InChI=1S/C17H15IN2/c1-13-3-2-4-14(11-13)12-20-10-9-19-17(20)15-5-7-16(18)8-6-15/h2-11H,12H2,1H3. The van der Waals surface area contributed by atoms with E-state index in [1.54, 1.807) is 0 Å². The van der Waals surface area contributed by atoms with Crippen LogP contribution in [0.5, 0.6) is 0 Å². The van der Waals surface area contributed by atoms with Crippen molar-refractivity contribution < 1.29 is 0 Å². The zero-order chi connectivity index (χ0) is 13.9. The molecule has 0 atom stereocenters. The topological polar surface area (TPSA) is 17.8 Å². The summed E-state index contributed by atoms with van der Waals surface area (Å²) in [7, 11) is 0. The summed E-state index contributed by atoms with van der Waals surface area (Å²) in [6.45, 7) is 2.97. The van der Waals surface area contributed by atoms with Gasteiger partial charge in [-0.2, -0.15) is 0 Å². The minimum absolute atomic E-state index is 0.850. The van der Waals surface area contributed by atoms with Crippen molar-refractivity contribution in [3.05, 3.63) is 75.6 Å². The van der Waals surface area contributed by atoms with Crippen molar-refractivity contribution in [3.63, 3.8) is 0 Å². The highest BCUT2D eigenvalue weighted by atomic mass is 127. The second kappa shape index (κ2) is 5.79. The van der Waals surface area contributed by atoms with Gasteiger partial charge in [0.1, 0.15) is 5.82 Å². The smallest absolute Gasteiger partial charge is 0.140 e. The van der Waals surface area contributed by atoms with Crippen LogP contribution >= 0.6 is 22.6 Å². The van der Waals surface area contributed by atoms with Crippen LogP contribution in [-0.2, 0) is 6.54 Å². The van der Waals surface area contributed by atoms with Gasteiger partial charge in [0.2, 0.25) is 0 Å². The third-order valence-corrected chi connectivity index (χ3v) is 3.97. The number of hydrogen-bond donors (Lipinski definition) is 0. The molecule has 0 saturated heterocycles. The summed E-state index contributed by atoms with van der Waals surface area (Å²) >= 11 is 2.32. The van der Waals surface area contributed by atoms with Crippen LogP contribution in [0.3, 0.4) is 0 Å². The molecule has 0 saturated carbocycles. The number of halogens is 1. The zero-order valence-corrected chi connectivity index (χ0v) is 13.4. The van der Waals surface area contributed by atoms with Crippen LogP contribution in [0.1, 0.15) is 11.1 Å². The second-order valence-electron chi connectivity index (χ2n) is 4.87. The van der Waals surface area contributed by atoms with E-state index < -0.39 is 0 Å². The molecule has 20 heavy (non-hydrogen) atoms. The molecule has 2 aromatic carbocycles. The highest BCUT2D eigenvalue weighted by Gasteiger charge is 2.06. The summed E-state index contributed by atoms with van der Waals surface area (Å²) in [6, 6.07) is 17.1. The Morgan fingerprint density at radius 3 is 2.65 bits per heavy atom. The number of aryl methyl sites for hydroxylation is 1. The fraction of sp³-hybridized carbons (Fsp3) is 0.118. The number of aromatic nitrogens is 2. The lowest BCUT2D eigenvalue weighted by atomic mass is 10.1. The maximum atomic E-state index is 4.50. The Morgan fingerprint density at radius 2 is 1.90 bits per heavy atom. The average molecular weight is 374 g/mol. The minimum Gasteiger partial charge on any atom is -0.327 e. The second-order valence-corrected chi connectivity index (χ2v) is 6.12. The molecule has 100 valence electrons. The predicted molar refractivity (Wildman–Crippen MR) is 90.7 cm³/mol. The molecule has 0 spiro atoms. The molecule has 0 amide bonds. The van der Waals surface area contributed by atoms with E-state index in [1.807, 2.05) is 12.4 Å². The van der Waals surface area contributed by atoms with Gasteiger partial charge in [0, 0.05) is 28.1 Å². The average Bonchev–Trinajstić information content (AvgIpc) is 2.88. The van der Waals surface area contributed by atoms with E-state index in [0.29, 0.717) is 0 Å². The van der Waals surface area contributed by atoms with Crippen molar-refractivity contribution in [1.82, 2.24) is 9.55 Å². The summed E-state index contributed by atoms with van der Waals surface area (Å²) in [4.78, 5) is 4.50. The Labute approximate surface area is 132 Å². The number of rotatable bonds is 3. The number of nitrogens with zero attached hydrogens (tertiary/aromatic N) is 2. The van der Waals surface area contributed by atoms with Crippen LogP contribution in [0.15, 0.2) is 60.9 Å². The van der Waals surface area contributed by atoms with Gasteiger partial charge in [-0.05, 0) is 47.2 Å². The molecule has 3 aromatic rings. The van der Waals surface area contributed by atoms with E-state index in [-0.39, 0.29) is 0 Å². The van der Waals surface area contributed by atoms with Crippen molar-refractivity contribution >= 4 is 22.6 Å². The van der Waals surface area contributed by atoms with Crippen LogP contribution in [0.4, 0.5) is 0 Å². The first kappa shape index (κ1) is 13.4. The van der Waals surface area contributed by atoms with Gasteiger partial charge in [-0.15, -0.1) is 0 Å². The lowest BCUT2D eigenvalue weighted by Gasteiger charge is -2.09. The van der Waals surface area contributed by atoms with E-state index in [9.17, 15) is 0 Å². The third kappa shape index (κ3) is 2.93. The molecule has 3 rings (SSSR count). The lowest BCUT2D eigenvalue weighted by molar-refractivity contribution is 0.806. The monoisotopic (exact) mass is 374 g/mol. The Morgan fingerprint density at radius 1 is 1.10 bits per heavy atom. The summed E-state index contributed by atoms with van der Waals surface area (Å²) in [6.07, 6.45) is 3.90. The van der Waals surface area contributed by atoms with Crippen LogP contribution in [0, 0.1) is 10.5 Å². The molecular weight excluding hydrogens is 359 g/mol. The van der Waals surface area contributed by atoms with Gasteiger partial charge >= 0.3 is 0 Å². The fourth-order valence-electron chi connectivity index (χ4n) is 2.30. The third-order valence-electron chi connectivity index (χ3n) is 3.25. The van der Waals surface area contributed by atoms with Crippen molar-refractivity contribution in [2.24, 2.45) is 0 Å². The molecule has 0 bridgehead atoms. The van der Waals surface area contributed by atoms with E-state index in [1.165, 1.54) is 14.7 Å². The molecule has 0 radical (unpaired) electrons. The van der Waals surface area contributed by atoms with E-state index in [4.69, 9.17) is 0 Å². The summed E-state index contributed by atoms with van der Waals surface area (Å²) in [5.41, 5.74) is 3.75. The van der Waals surface area contributed by atoms with Crippen molar-refractivity contribution in [1.29, 1.82) is 0 Å². The first-order valence-electron chi connectivity index (χ1n) is 6.55. The quantitative estimate of drug-likeness (QED) is 0.617. The van der Waals surface area contributed by atoms with Gasteiger partial charge in [-0.25, -0.2) is 4.98 Å². The Bertz CT molecular complexity index is 714. The van der Waals surface area contributed by atoms with Crippen LogP contribution in [0.2, 0.25) is 0 Å². The highest BCUT2D eigenvalue weighted by Crippen LogP contribution is 2.20. The SMILES string of the molecule is Cc1cccc(Cn2ccnc2-c2ccc(I)cc2)c1. The highest BCUT2D eigenvalue weighted by molar-refractivity contribution is 14.1. The maximum Gasteiger partial charge on any atom is 0.140 e. The molecule has 1 heterocycles. The normalized spacial score (nSPS) is 10.7. The van der Waals surface area contributed by atoms with Crippen LogP contribution < -0.4 is 0 Å². The molecule has 0 aliphatic carbocycles. The van der Waals surface area contributed by atoms with Gasteiger partial charge in [-0.3, -0.25) is 0 Å². The van der Waals surface area contributed by atoms with E-state index >= 15 is 0 Å². The predicted octanol–water partition coefficient (Wildman–Crippen LogP) is 4.51. The van der Waals surface area contributed by atoms with Crippen molar-refractivity contribution in [3.8, 4) is 11.4 Å². The van der Waals surface area contributed by atoms with Crippen molar-refractivity contribution in [2.45, 2.75) is 13.5 Å².